The fraction of sp³-hybridized carbons (Fsp3) is 0.0588. The number of hydrogen-bond donors (Lipinski definition) is 2. The third kappa shape index (κ3) is 3.06. The van der Waals surface area contributed by atoms with Gasteiger partial charge in [0, 0.05) is 5.56 Å². The molecule has 6 heteroatoms. The van der Waals surface area contributed by atoms with E-state index in [1.165, 1.54) is 30.3 Å². The lowest BCUT2D eigenvalue weighted by molar-refractivity contribution is -0.123. The van der Waals surface area contributed by atoms with Crippen molar-refractivity contribution in [3.05, 3.63) is 71.2 Å². The van der Waals surface area contributed by atoms with Crippen LogP contribution in [0.1, 0.15) is 11.1 Å². The quantitative estimate of drug-likeness (QED) is 0.676. The maximum Gasteiger partial charge on any atom is 0.329 e. The molecule has 116 valence electrons. The number of aromatic hydroxyl groups is 1. The van der Waals surface area contributed by atoms with Crippen LogP contribution in [0.3, 0.4) is 0 Å². The Kier molecular flexibility index (Phi) is 3.80. The van der Waals surface area contributed by atoms with Crippen LogP contribution >= 0.6 is 0 Å². The highest BCUT2D eigenvalue weighted by molar-refractivity contribution is 6.13. The maximum absolute atomic E-state index is 13.7. The summed E-state index contributed by atoms with van der Waals surface area (Å²) in [5.41, 5.74) is 1.03. The molecule has 1 fully saturated rings. The second-order valence-corrected chi connectivity index (χ2v) is 5.06. The van der Waals surface area contributed by atoms with E-state index in [9.17, 15) is 19.1 Å². The lowest BCUT2D eigenvalue weighted by Crippen LogP contribution is -2.30. The van der Waals surface area contributed by atoms with Gasteiger partial charge in [-0.2, -0.15) is 0 Å². The highest BCUT2D eigenvalue weighted by atomic mass is 19.1. The minimum atomic E-state index is -0.594. The number of imide groups is 1. The number of amides is 3. The van der Waals surface area contributed by atoms with Gasteiger partial charge >= 0.3 is 6.03 Å². The van der Waals surface area contributed by atoms with Crippen LogP contribution in [0.4, 0.5) is 9.18 Å². The van der Waals surface area contributed by atoms with Crippen molar-refractivity contribution in [1.29, 1.82) is 0 Å². The van der Waals surface area contributed by atoms with Crippen LogP contribution in [0.5, 0.6) is 5.75 Å². The molecule has 3 amide bonds. The molecule has 2 N–H and O–H groups in total. The van der Waals surface area contributed by atoms with Crippen molar-refractivity contribution in [3.8, 4) is 5.75 Å². The van der Waals surface area contributed by atoms with Gasteiger partial charge in [-0.3, -0.25) is 9.69 Å². The SMILES string of the molecule is O=C1NC(=Cc2ccc(O)cc2)C(=O)N1Cc1ccccc1F. The molecule has 0 unspecified atom stereocenters. The number of urea groups is 1. The van der Waals surface area contributed by atoms with Crippen molar-refractivity contribution in [2.75, 3.05) is 0 Å². The first-order valence-electron chi connectivity index (χ1n) is 6.91. The summed E-state index contributed by atoms with van der Waals surface area (Å²) in [6, 6.07) is 11.6. The number of phenolic OH excluding ortho intramolecular Hbond substituents is 1. The molecule has 0 bridgehead atoms. The highest BCUT2D eigenvalue weighted by Gasteiger charge is 2.33. The maximum atomic E-state index is 13.7. The smallest absolute Gasteiger partial charge is 0.329 e. The Morgan fingerprint density at radius 3 is 2.48 bits per heavy atom. The highest BCUT2D eigenvalue weighted by Crippen LogP contribution is 2.19. The normalized spacial score (nSPS) is 16.0. The lowest BCUT2D eigenvalue weighted by Gasteiger charge is -2.12. The Labute approximate surface area is 131 Å². The molecule has 2 aromatic carbocycles. The van der Waals surface area contributed by atoms with E-state index in [0.29, 0.717) is 5.56 Å². The van der Waals surface area contributed by atoms with E-state index in [1.807, 2.05) is 0 Å². The van der Waals surface area contributed by atoms with E-state index < -0.39 is 17.8 Å². The molecular formula is C17H13FN2O3. The van der Waals surface area contributed by atoms with Crippen molar-refractivity contribution in [1.82, 2.24) is 10.2 Å². The first kappa shape index (κ1) is 14.8. The van der Waals surface area contributed by atoms with Crippen molar-refractivity contribution in [3.63, 3.8) is 0 Å². The first-order chi connectivity index (χ1) is 11.0. The summed E-state index contributed by atoms with van der Waals surface area (Å²) in [6.07, 6.45) is 1.50. The molecule has 1 saturated heterocycles. The lowest BCUT2D eigenvalue weighted by atomic mass is 10.1. The standard InChI is InChI=1S/C17H13FN2O3/c18-14-4-2-1-3-12(14)10-20-16(22)15(19-17(20)23)9-11-5-7-13(21)8-6-11/h1-9,21H,10H2,(H,19,23). The predicted molar refractivity (Wildman–Crippen MR) is 81.6 cm³/mol. The third-order valence-corrected chi connectivity index (χ3v) is 3.45. The molecule has 1 heterocycles. The zero-order valence-corrected chi connectivity index (χ0v) is 12.0. The molecular weight excluding hydrogens is 299 g/mol. The van der Waals surface area contributed by atoms with E-state index in [0.717, 1.165) is 4.90 Å². The number of halogens is 1. The average Bonchev–Trinajstić information content (AvgIpc) is 2.79. The molecule has 0 aromatic heterocycles. The summed E-state index contributed by atoms with van der Waals surface area (Å²) >= 11 is 0. The van der Waals surface area contributed by atoms with Crippen molar-refractivity contribution in [2.24, 2.45) is 0 Å². The van der Waals surface area contributed by atoms with Crippen LogP contribution in [-0.4, -0.2) is 21.9 Å². The predicted octanol–water partition coefficient (Wildman–Crippen LogP) is 2.62. The zero-order chi connectivity index (χ0) is 16.4. The van der Waals surface area contributed by atoms with Crippen LogP contribution in [-0.2, 0) is 11.3 Å². The average molecular weight is 312 g/mol. The van der Waals surface area contributed by atoms with E-state index in [4.69, 9.17) is 0 Å². The fourth-order valence-corrected chi connectivity index (χ4v) is 2.25. The Bertz CT molecular complexity index is 800. The van der Waals surface area contributed by atoms with Crippen LogP contribution in [0, 0.1) is 5.82 Å². The van der Waals surface area contributed by atoms with Gasteiger partial charge in [-0.25, -0.2) is 9.18 Å². The Hall–Kier alpha value is -3.15. The van der Waals surface area contributed by atoms with Gasteiger partial charge in [-0.05, 0) is 29.8 Å². The largest absolute Gasteiger partial charge is 0.508 e. The molecule has 3 rings (SSSR count). The summed E-state index contributed by atoms with van der Waals surface area (Å²) in [5.74, 6) is -0.884. The zero-order valence-electron chi connectivity index (χ0n) is 12.0. The second-order valence-electron chi connectivity index (χ2n) is 5.06. The van der Waals surface area contributed by atoms with Crippen LogP contribution < -0.4 is 5.32 Å². The summed E-state index contributed by atoms with van der Waals surface area (Å²) < 4.78 is 13.7. The number of carbonyl (C=O) groups is 2. The molecule has 0 aliphatic carbocycles. The molecule has 0 radical (unpaired) electrons. The van der Waals surface area contributed by atoms with E-state index in [2.05, 4.69) is 5.32 Å². The van der Waals surface area contributed by atoms with Gasteiger partial charge in [0.1, 0.15) is 17.3 Å². The topological polar surface area (TPSA) is 69.6 Å². The van der Waals surface area contributed by atoms with Gasteiger partial charge in [0.2, 0.25) is 0 Å². The van der Waals surface area contributed by atoms with Crippen LogP contribution in [0.25, 0.3) is 6.08 Å². The van der Waals surface area contributed by atoms with Gasteiger partial charge in [0.25, 0.3) is 5.91 Å². The molecule has 0 atom stereocenters. The molecule has 1 aliphatic rings. The number of rotatable bonds is 3. The van der Waals surface area contributed by atoms with E-state index >= 15 is 0 Å². The monoisotopic (exact) mass is 312 g/mol. The summed E-state index contributed by atoms with van der Waals surface area (Å²) in [6.45, 7) is -0.135. The Morgan fingerprint density at radius 2 is 1.78 bits per heavy atom. The number of phenols is 1. The van der Waals surface area contributed by atoms with Gasteiger partial charge in [0.15, 0.2) is 0 Å². The van der Waals surface area contributed by atoms with Crippen LogP contribution in [0.2, 0.25) is 0 Å². The molecule has 1 aliphatic heterocycles. The summed E-state index contributed by atoms with van der Waals surface area (Å²) in [4.78, 5) is 25.2. The van der Waals surface area contributed by atoms with Crippen molar-refractivity contribution < 1.29 is 19.1 Å². The van der Waals surface area contributed by atoms with Gasteiger partial charge in [-0.15, -0.1) is 0 Å². The van der Waals surface area contributed by atoms with Crippen molar-refractivity contribution in [2.45, 2.75) is 6.54 Å². The Morgan fingerprint density at radius 1 is 1.09 bits per heavy atom. The number of nitrogens with zero attached hydrogens (tertiary/aromatic N) is 1. The van der Waals surface area contributed by atoms with Gasteiger partial charge < -0.3 is 10.4 Å². The second kappa shape index (κ2) is 5.92. The van der Waals surface area contributed by atoms with Gasteiger partial charge in [-0.1, -0.05) is 30.3 Å². The van der Waals surface area contributed by atoms with Crippen LogP contribution in [0.15, 0.2) is 54.2 Å². The minimum absolute atomic E-state index is 0.107. The van der Waals surface area contributed by atoms with Gasteiger partial charge in [0.05, 0.1) is 6.54 Å². The number of benzene rings is 2. The third-order valence-electron chi connectivity index (χ3n) is 3.45. The molecule has 0 saturated carbocycles. The summed E-state index contributed by atoms with van der Waals surface area (Å²) in [7, 11) is 0. The number of nitrogens with one attached hydrogen (secondary N) is 1. The summed E-state index contributed by atoms with van der Waals surface area (Å²) in [5, 5.41) is 11.7. The molecule has 2 aromatic rings. The molecule has 23 heavy (non-hydrogen) atoms. The fourth-order valence-electron chi connectivity index (χ4n) is 2.25. The van der Waals surface area contributed by atoms with Crippen molar-refractivity contribution >= 4 is 18.0 Å². The molecule has 0 spiro atoms. The minimum Gasteiger partial charge on any atom is -0.508 e. The Balaban J connectivity index is 1.82. The van der Waals surface area contributed by atoms with E-state index in [1.54, 1.807) is 24.3 Å². The first-order valence-corrected chi connectivity index (χ1v) is 6.91. The number of hydrogen-bond acceptors (Lipinski definition) is 3. The number of carbonyl (C=O) groups excluding carboxylic acids is 2. The molecule has 5 nitrogen and oxygen atoms in total. The van der Waals surface area contributed by atoms with E-state index in [-0.39, 0.29) is 23.6 Å².